The van der Waals surface area contributed by atoms with Crippen LogP contribution in [0.2, 0.25) is 0 Å². The lowest BCUT2D eigenvalue weighted by Crippen LogP contribution is -2.14. The molecule has 0 amide bonds. The highest BCUT2D eigenvalue weighted by Crippen LogP contribution is 2.14. The first-order valence-corrected chi connectivity index (χ1v) is 7.30. The quantitative estimate of drug-likeness (QED) is 0.783. The number of rotatable bonds is 3. The first-order valence-electron chi connectivity index (χ1n) is 5.81. The number of sulfonamides is 1. The van der Waals surface area contributed by atoms with Gasteiger partial charge >= 0.3 is 0 Å². The van der Waals surface area contributed by atoms with Gasteiger partial charge in [0.15, 0.2) is 0 Å². The van der Waals surface area contributed by atoms with Crippen molar-refractivity contribution in [3.05, 3.63) is 48.3 Å². The molecule has 3 rings (SSSR count). The van der Waals surface area contributed by atoms with Gasteiger partial charge in [0, 0.05) is 18.1 Å². The number of hydrogen-bond acceptors (Lipinski definition) is 5. The van der Waals surface area contributed by atoms with Crippen LogP contribution >= 0.6 is 0 Å². The van der Waals surface area contributed by atoms with Gasteiger partial charge in [0.25, 0.3) is 21.0 Å². The normalized spacial score (nSPS) is 11.7. The maximum absolute atomic E-state index is 12.2. The lowest BCUT2D eigenvalue weighted by Gasteiger charge is -2.04. The van der Waals surface area contributed by atoms with Gasteiger partial charge in [-0.1, -0.05) is 17.7 Å². The highest BCUT2D eigenvalue weighted by Gasteiger charge is 2.20. The molecule has 0 saturated carbocycles. The van der Waals surface area contributed by atoms with Gasteiger partial charge < -0.3 is 0 Å². The Morgan fingerprint density at radius 3 is 2.65 bits per heavy atom. The van der Waals surface area contributed by atoms with Crippen LogP contribution in [0.1, 0.15) is 5.56 Å². The summed E-state index contributed by atoms with van der Waals surface area (Å²) in [6.45, 7) is 1.92. The van der Waals surface area contributed by atoms with Crippen molar-refractivity contribution in [2.75, 3.05) is 4.72 Å². The average Bonchev–Trinajstić information content (AvgIpc) is 2.86. The first kappa shape index (κ1) is 12.5. The number of nitrogens with zero attached hydrogens (tertiary/aromatic N) is 4. The van der Waals surface area contributed by atoms with E-state index in [-0.39, 0.29) is 10.9 Å². The molecule has 20 heavy (non-hydrogen) atoms. The van der Waals surface area contributed by atoms with Gasteiger partial charge in [-0.2, -0.15) is 13.4 Å². The molecule has 0 bridgehead atoms. The second-order valence-corrected chi connectivity index (χ2v) is 5.81. The number of hydrogen-bond donors (Lipinski definition) is 1. The van der Waals surface area contributed by atoms with E-state index in [0.717, 1.165) is 5.56 Å². The zero-order valence-electron chi connectivity index (χ0n) is 10.6. The van der Waals surface area contributed by atoms with E-state index in [0.29, 0.717) is 5.69 Å². The Morgan fingerprint density at radius 2 is 1.95 bits per heavy atom. The molecule has 0 atom stereocenters. The topological polar surface area (TPSA) is 89.2 Å². The lowest BCUT2D eigenvalue weighted by atomic mass is 10.2. The van der Waals surface area contributed by atoms with Crippen molar-refractivity contribution < 1.29 is 8.42 Å². The van der Waals surface area contributed by atoms with Crippen LogP contribution in [0.5, 0.6) is 0 Å². The molecule has 0 unspecified atom stereocenters. The van der Waals surface area contributed by atoms with Gasteiger partial charge in [-0.3, -0.25) is 4.72 Å². The largest absolute Gasteiger partial charge is 0.299 e. The van der Waals surface area contributed by atoms with Gasteiger partial charge in [0.1, 0.15) is 0 Å². The summed E-state index contributed by atoms with van der Waals surface area (Å²) in [5.41, 5.74) is 1.51. The van der Waals surface area contributed by atoms with Gasteiger partial charge in [0.05, 0.1) is 0 Å². The SMILES string of the molecule is Cc1ccc(NS(=O)(=O)c2nc3ncccn3n2)cc1. The first-order chi connectivity index (χ1) is 9.54. The Bertz CT molecular complexity index is 822. The molecule has 0 saturated heterocycles. The zero-order valence-corrected chi connectivity index (χ0v) is 11.4. The maximum atomic E-state index is 12.2. The van der Waals surface area contributed by atoms with Crippen molar-refractivity contribution in [3.8, 4) is 0 Å². The van der Waals surface area contributed by atoms with Crippen molar-refractivity contribution in [2.24, 2.45) is 0 Å². The smallest absolute Gasteiger partial charge is 0.277 e. The molecule has 2 aromatic heterocycles. The van der Waals surface area contributed by atoms with E-state index in [1.807, 2.05) is 19.1 Å². The summed E-state index contributed by atoms with van der Waals surface area (Å²) in [5, 5.41) is 3.58. The molecular weight excluding hydrogens is 278 g/mol. The van der Waals surface area contributed by atoms with Gasteiger partial charge in [-0.25, -0.2) is 9.50 Å². The minimum absolute atomic E-state index is 0.233. The number of anilines is 1. The summed E-state index contributed by atoms with van der Waals surface area (Å²) >= 11 is 0. The van der Waals surface area contributed by atoms with E-state index in [4.69, 9.17) is 0 Å². The number of aryl methyl sites for hydroxylation is 1. The predicted octanol–water partition coefficient (Wildman–Crippen LogP) is 1.23. The Labute approximate surface area is 115 Å². The molecule has 7 nitrogen and oxygen atoms in total. The van der Waals surface area contributed by atoms with Crippen molar-refractivity contribution in [3.63, 3.8) is 0 Å². The summed E-state index contributed by atoms with van der Waals surface area (Å²) in [7, 11) is -3.82. The molecule has 0 aliphatic heterocycles. The molecule has 3 aromatic rings. The van der Waals surface area contributed by atoms with Crippen LogP contribution in [0.25, 0.3) is 5.78 Å². The molecule has 0 radical (unpaired) electrons. The minimum atomic E-state index is -3.82. The highest BCUT2D eigenvalue weighted by molar-refractivity contribution is 7.92. The second-order valence-electron chi connectivity index (χ2n) is 4.23. The fraction of sp³-hybridized carbons (Fsp3) is 0.0833. The van der Waals surface area contributed by atoms with Crippen molar-refractivity contribution >= 4 is 21.5 Å². The monoisotopic (exact) mass is 289 g/mol. The Kier molecular flexibility index (Phi) is 2.87. The standard InChI is InChI=1S/C12H11N5O2S/c1-9-3-5-10(6-4-9)16-20(18,19)12-14-11-13-7-2-8-17(11)15-12/h2-8,16H,1H3. The van der Waals surface area contributed by atoms with Crippen LogP contribution in [-0.2, 0) is 10.0 Å². The number of benzene rings is 1. The predicted molar refractivity (Wildman–Crippen MR) is 72.8 cm³/mol. The fourth-order valence-electron chi connectivity index (χ4n) is 1.65. The van der Waals surface area contributed by atoms with E-state index in [9.17, 15) is 8.42 Å². The third-order valence-electron chi connectivity index (χ3n) is 2.64. The van der Waals surface area contributed by atoms with E-state index in [1.165, 1.54) is 10.7 Å². The summed E-state index contributed by atoms with van der Waals surface area (Å²) in [5.74, 6) is 0.233. The summed E-state index contributed by atoms with van der Waals surface area (Å²) in [6, 6.07) is 8.64. The van der Waals surface area contributed by atoms with Crippen LogP contribution < -0.4 is 4.72 Å². The van der Waals surface area contributed by atoms with Gasteiger partial charge in [-0.05, 0) is 25.1 Å². The molecule has 102 valence electrons. The highest BCUT2D eigenvalue weighted by atomic mass is 32.2. The van der Waals surface area contributed by atoms with Crippen LogP contribution in [0.3, 0.4) is 0 Å². The Hall–Kier alpha value is -2.48. The summed E-state index contributed by atoms with van der Waals surface area (Å²) in [4.78, 5) is 7.82. The van der Waals surface area contributed by atoms with Gasteiger partial charge in [-0.15, -0.1) is 5.10 Å². The van der Waals surface area contributed by atoms with Crippen LogP contribution in [0.15, 0.2) is 47.9 Å². The van der Waals surface area contributed by atoms with E-state index < -0.39 is 10.0 Å². The third-order valence-corrected chi connectivity index (χ3v) is 3.80. The maximum Gasteiger partial charge on any atom is 0.299 e. The van der Waals surface area contributed by atoms with E-state index in [2.05, 4.69) is 19.8 Å². The van der Waals surface area contributed by atoms with Crippen molar-refractivity contribution in [2.45, 2.75) is 12.1 Å². The Balaban J connectivity index is 1.96. The van der Waals surface area contributed by atoms with Gasteiger partial charge in [0.2, 0.25) is 0 Å². The molecule has 1 N–H and O–H groups in total. The fourth-order valence-corrected chi connectivity index (χ4v) is 2.58. The molecule has 0 aliphatic carbocycles. The summed E-state index contributed by atoms with van der Waals surface area (Å²) < 4.78 is 28.1. The molecule has 0 spiro atoms. The third kappa shape index (κ3) is 2.32. The molecule has 8 heteroatoms. The van der Waals surface area contributed by atoms with Crippen molar-refractivity contribution in [1.29, 1.82) is 0 Å². The minimum Gasteiger partial charge on any atom is -0.277 e. The lowest BCUT2D eigenvalue weighted by molar-refractivity contribution is 0.592. The van der Waals surface area contributed by atoms with Crippen LogP contribution in [0.4, 0.5) is 5.69 Å². The second kappa shape index (κ2) is 4.57. The average molecular weight is 289 g/mol. The van der Waals surface area contributed by atoms with Crippen LogP contribution in [-0.4, -0.2) is 28.0 Å². The van der Waals surface area contributed by atoms with Crippen LogP contribution in [0, 0.1) is 6.92 Å². The number of nitrogens with one attached hydrogen (secondary N) is 1. The molecule has 2 heterocycles. The molecule has 0 aliphatic rings. The van der Waals surface area contributed by atoms with Crippen molar-refractivity contribution in [1.82, 2.24) is 19.6 Å². The molecular formula is C12H11N5O2S. The number of fused-ring (bicyclic) bond motifs is 1. The molecule has 1 aromatic carbocycles. The Morgan fingerprint density at radius 1 is 1.20 bits per heavy atom. The van der Waals surface area contributed by atoms with E-state index >= 15 is 0 Å². The van der Waals surface area contributed by atoms with E-state index in [1.54, 1.807) is 24.4 Å². The molecule has 0 fully saturated rings. The summed E-state index contributed by atoms with van der Waals surface area (Å²) in [6.07, 6.45) is 3.11. The zero-order chi connectivity index (χ0) is 14.2. The number of aromatic nitrogens is 4.